The number of rotatable bonds is 5. The van der Waals surface area contributed by atoms with E-state index in [1.54, 1.807) is 16.8 Å². The average molecular weight is 503 g/mol. The number of aliphatic hydroxyl groups is 1. The Labute approximate surface area is 212 Å². The summed E-state index contributed by atoms with van der Waals surface area (Å²) in [4.78, 5) is 6.95. The highest BCUT2D eigenvalue weighted by atomic mass is 32.1. The Hall–Kier alpha value is -3.59. The summed E-state index contributed by atoms with van der Waals surface area (Å²) in [5.74, 6) is 0.144. The van der Waals surface area contributed by atoms with E-state index in [0.717, 1.165) is 51.4 Å². The monoisotopic (exact) mass is 502 g/mol. The van der Waals surface area contributed by atoms with Gasteiger partial charge in [0, 0.05) is 30.9 Å². The third-order valence-electron chi connectivity index (χ3n) is 7.15. The van der Waals surface area contributed by atoms with Crippen molar-refractivity contribution in [2.24, 2.45) is 5.92 Å². The molecule has 4 aromatic rings. The molecule has 2 fully saturated rings. The molecular weight excluding hydrogens is 476 g/mol. The molecule has 2 saturated heterocycles. The van der Waals surface area contributed by atoms with Gasteiger partial charge in [0.05, 0.1) is 59.1 Å². The molecule has 0 spiro atoms. The fourth-order valence-electron chi connectivity index (χ4n) is 4.53. The van der Waals surface area contributed by atoms with Crippen LogP contribution < -0.4 is 10.2 Å². The van der Waals surface area contributed by atoms with Crippen molar-refractivity contribution in [2.45, 2.75) is 31.9 Å². The number of pyridine rings is 1. The Morgan fingerprint density at radius 1 is 1.25 bits per heavy atom. The van der Waals surface area contributed by atoms with Gasteiger partial charge in [-0.05, 0) is 37.6 Å². The summed E-state index contributed by atoms with van der Waals surface area (Å²) < 4.78 is 7.16. The van der Waals surface area contributed by atoms with Gasteiger partial charge in [0.1, 0.15) is 6.07 Å². The van der Waals surface area contributed by atoms with E-state index in [2.05, 4.69) is 38.5 Å². The van der Waals surface area contributed by atoms with E-state index in [-0.39, 0.29) is 12.0 Å². The van der Waals surface area contributed by atoms with Crippen LogP contribution in [0, 0.1) is 17.2 Å². The van der Waals surface area contributed by atoms with Gasteiger partial charge in [-0.15, -0.1) is 10.2 Å². The van der Waals surface area contributed by atoms with Crippen LogP contribution in [0.3, 0.4) is 0 Å². The van der Waals surface area contributed by atoms with Crippen molar-refractivity contribution in [3.05, 3.63) is 42.2 Å². The van der Waals surface area contributed by atoms with Gasteiger partial charge in [0.15, 0.2) is 5.01 Å². The highest BCUT2D eigenvalue weighted by Crippen LogP contribution is 2.38. The maximum Gasteiger partial charge on any atom is 0.208 e. The van der Waals surface area contributed by atoms with Crippen LogP contribution in [0.5, 0.6) is 0 Å². The lowest BCUT2D eigenvalue weighted by Crippen LogP contribution is -2.49. The Morgan fingerprint density at radius 2 is 2.11 bits per heavy atom. The van der Waals surface area contributed by atoms with E-state index in [0.29, 0.717) is 25.2 Å². The van der Waals surface area contributed by atoms with E-state index in [1.165, 1.54) is 11.3 Å². The molecule has 0 bridgehead atoms. The lowest BCUT2D eigenvalue weighted by atomic mass is 9.84. The van der Waals surface area contributed by atoms with Crippen molar-refractivity contribution < 1.29 is 9.84 Å². The van der Waals surface area contributed by atoms with Crippen molar-refractivity contribution in [3.63, 3.8) is 0 Å². The summed E-state index contributed by atoms with van der Waals surface area (Å²) in [7, 11) is 0. The SMILES string of the molecule is C[C@H]1CN(c2nnc(-c3cnc(-c4ccc5cc(C#N)cnn45)cc3NC3COC3)s2)CC[C@]1(C)O. The van der Waals surface area contributed by atoms with Crippen molar-refractivity contribution in [2.75, 3.05) is 36.5 Å². The van der Waals surface area contributed by atoms with E-state index in [4.69, 9.17) is 9.72 Å². The summed E-state index contributed by atoms with van der Waals surface area (Å²) in [5, 5.41) is 38.3. The quantitative estimate of drug-likeness (QED) is 0.423. The Kier molecular flexibility index (Phi) is 5.59. The number of hydrogen-bond acceptors (Lipinski definition) is 10. The number of hydrogen-bond donors (Lipinski definition) is 2. The smallest absolute Gasteiger partial charge is 0.208 e. The maximum absolute atomic E-state index is 10.5. The first-order valence-corrected chi connectivity index (χ1v) is 12.8. The van der Waals surface area contributed by atoms with Gasteiger partial charge in [-0.3, -0.25) is 4.98 Å². The molecule has 4 aromatic heterocycles. The minimum absolute atomic E-state index is 0.144. The van der Waals surface area contributed by atoms with Gasteiger partial charge >= 0.3 is 0 Å². The lowest BCUT2D eigenvalue weighted by molar-refractivity contribution is -0.00936. The van der Waals surface area contributed by atoms with Crippen molar-refractivity contribution in [1.82, 2.24) is 24.8 Å². The molecule has 0 unspecified atom stereocenters. The zero-order valence-electron chi connectivity index (χ0n) is 20.0. The van der Waals surface area contributed by atoms with E-state index in [9.17, 15) is 10.4 Å². The van der Waals surface area contributed by atoms with Gasteiger partial charge in [-0.25, -0.2) is 4.52 Å². The third-order valence-corrected chi connectivity index (χ3v) is 8.17. The topological polar surface area (TPSA) is 124 Å². The van der Waals surface area contributed by atoms with Gasteiger partial charge in [0.25, 0.3) is 0 Å². The molecule has 2 atom stereocenters. The van der Waals surface area contributed by atoms with Crippen LogP contribution in [0.1, 0.15) is 25.8 Å². The lowest BCUT2D eigenvalue weighted by Gasteiger charge is -2.40. The minimum atomic E-state index is -0.653. The van der Waals surface area contributed by atoms with Crippen LogP contribution in [0.4, 0.5) is 10.8 Å². The highest BCUT2D eigenvalue weighted by molar-refractivity contribution is 7.18. The van der Waals surface area contributed by atoms with Crippen molar-refractivity contribution in [1.29, 1.82) is 5.26 Å². The molecule has 10 nitrogen and oxygen atoms in total. The molecule has 0 saturated carbocycles. The predicted molar refractivity (Wildman–Crippen MR) is 137 cm³/mol. The molecule has 2 N–H and O–H groups in total. The summed E-state index contributed by atoms with van der Waals surface area (Å²) in [6, 6.07) is 10.0. The minimum Gasteiger partial charge on any atom is -0.390 e. The van der Waals surface area contributed by atoms with Gasteiger partial charge in [0.2, 0.25) is 5.13 Å². The van der Waals surface area contributed by atoms with Crippen LogP contribution in [-0.4, -0.2) is 67.8 Å². The summed E-state index contributed by atoms with van der Waals surface area (Å²) in [6.07, 6.45) is 4.08. The number of ether oxygens (including phenoxy) is 1. The number of anilines is 2. The van der Waals surface area contributed by atoms with E-state index < -0.39 is 5.60 Å². The second-order valence-corrected chi connectivity index (χ2v) is 10.7. The van der Waals surface area contributed by atoms with E-state index >= 15 is 0 Å². The van der Waals surface area contributed by atoms with Gasteiger partial charge in [-0.2, -0.15) is 10.4 Å². The molecule has 0 radical (unpaired) electrons. The first-order valence-electron chi connectivity index (χ1n) is 11.9. The standard InChI is InChI=1S/C25H26N8O2S/c1-15-12-32(6-5-25(15,2)34)24-31-30-23(36-24)19-11-27-21(8-20(19)29-17-13-35-14-17)22-4-3-18-7-16(9-26)10-28-33(18)22/h3-4,7-8,10-11,15,17,34H,5-6,12-14H2,1-2H3,(H,27,29)/t15-,25-/m0/s1. The molecule has 184 valence electrons. The molecule has 0 aliphatic carbocycles. The fourth-order valence-corrected chi connectivity index (χ4v) is 5.43. The number of nitrogens with zero attached hydrogens (tertiary/aromatic N) is 7. The molecule has 11 heteroatoms. The number of fused-ring (bicyclic) bond motifs is 1. The van der Waals surface area contributed by atoms with Crippen LogP contribution in [0.15, 0.2) is 36.7 Å². The molecule has 0 aromatic carbocycles. The average Bonchev–Trinajstić information content (AvgIpc) is 3.50. The van der Waals surface area contributed by atoms with Crippen LogP contribution in [-0.2, 0) is 4.74 Å². The summed E-state index contributed by atoms with van der Waals surface area (Å²) in [5.41, 5.74) is 4.08. The zero-order valence-corrected chi connectivity index (χ0v) is 20.9. The van der Waals surface area contributed by atoms with Crippen molar-refractivity contribution in [3.8, 4) is 28.0 Å². The molecule has 36 heavy (non-hydrogen) atoms. The molecule has 6 heterocycles. The Bertz CT molecular complexity index is 1470. The molecule has 0 amide bonds. The second kappa shape index (κ2) is 8.81. The van der Waals surface area contributed by atoms with Crippen LogP contribution in [0.2, 0.25) is 0 Å². The van der Waals surface area contributed by atoms with Crippen LogP contribution in [0.25, 0.3) is 27.5 Å². The zero-order chi connectivity index (χ0) is 24.9. The van der Waals surface area contributed by atoms with Crippen molar-refractivity contribution >= 4 is 27.7 Å². The molecule has 6 rings (SSSR count). The number of nitriles is 1. The first-order chi connectivity index (χ1) is 17.4. The molecular formula is C25H26N8O2S. The highest BCUT2D eigenvalue weighted by Gasteiger charge is 2.35. The van der Waals surface area contributed by atoms with E-state index in [1.807, 2.05) is 31.3 Å². The Balaban J connectivity index is 1.34. The third kappa shape index (κ3) is 4.07. The predicted octanol–water partition coefficient (Wildman–Crippen LogP) is 3.19. The Morgan fingerprint density at radius 3 is 2.86 bits per heavy atom. The number of aromatic nitrogens is 5. The second-order valence-electron chi connectivity index (χ2n) is 9.75. The van der Waals surface area contributed by atoms with Gasteiger partial charge in [-0.1, -0.05) is 18.3 Å². The largest absolute Gasteiger partial charge is 0.390 e. The summed E-state index contributed by atoms with van der Waals surface area (Å²) in [6.45, 7) is 6.76. The molecule has 2 aliphatic heterocycles. The maximum atomic E-state index is 10.5. The fraction of sp³-hybridized carbons (Fsp3) is 0.400. The van der Waals surface area contributed by atoms with Gasteiger partial charge < -0.3 is 20.1 Å². The van der Waals surface area contributed by atoms with Crippen LogP contribution >= 0.6 is 11.3 Å². The summed E-state index contributed by atoms with van der Waals surface area (Å²) >= 11 is 1.53. The number of piperidine rings is 1. The molecule has 2 aliphatic rings. The first kappa shape index (κ1) is 22.8. The normalized spacial score (nSPS) is 22.4. The number of nitrogens with one attached hydrogen (secondary N) is 1.